The monoisotopic (exact) mass is 274 g/mol. The number of halogens is 2. The van der Waals surface area contributed by atoms with Gasteiger partial charge < -0.3 is 15.5 Å². The van der Waals surface area contributed by atoms with Crippen LogP contribution in [0.25, 0.3) is 0 Å². The number of rotatable bonds is 7. The molecule has 4 N–H and O–H groups in total. The summed E-state index contributed by atoms with van der Waals surface area (Å²) in [4.78, 5) is 3.75. The van der Waals surface area contributed by atoms with E-state index in [9.17, 15) is 8.78 Å². The average Bonchev–Trinajstić information content (AvgIpc) is 2.35. The van der Waals surface area contributed by atoms with Gasteiger partial charge in [0, 0.05) is 26.3 Å². The molecule has 0 aromatic carbocycles. The Labute approximate surface area is 111 Å². The molecule has 1 aromatic rings. The highest BCUT2D eigenvalue weighted by Gasteiger charge is 2.19. The largest absolute Gasteiger partial charge is 0.385 e. The van der Waals surface area contributed by atoms with E-state index in [0.29, 0.717) is 13.2 Å². The van der Waals surface area contributed by atoms with E-state index in [2.05, 4.69) is 15.7 Å². The lowest BCUT2D eigenvalue weighted by Gasteiger charge is -2.25. The van der Waals surface area contributed by atoms with Gasteiger partial charge in [-0.25, -0.2) is 19.6 Å². The van der Waals surface area contributed by atoms with E-state index in [1.54, 1.807) is 7.11 Å². The van der Waals surface area contributed by atoms with Gasteiger partial charge in [-0.1, -0.05) is 13.8 Å². The minimum atomic E-state index is -0.829. The molecular weight excluding hydrogens is 254 g/mol. The molecule has 5 nitrogen and oxygen atoms in total. The van der Waals surface area contributed by atoms with Crippen LogP contribution in [-0.2, 0) is 4.74 Å². The van der Waals surface area contributed by atoms with Crippen LogP contribution < -0.4 is 16.6 Å². The number of anilines is 2. The van der Waals surface area contributed by atoms with Gasteiger partial charge in [0.25, 0.3) is 0 Å². The maximum Gasteiger partial charge on any atom is 0.178 e. The van der Waals surface area contributed by atoms with Crippen LogP contribution >= 0.6 is 0 Å². The van der Waals surface area contributed by atoms with Gasteiger partial charge in [0.2, 0.25) is 0 Å². The highest BCUT2D eigenvalue weighted by atomic mass is 19.1. The van der Waals surface area contributed by atoms with Gasteiger partial charge in [-0.15, -0.1) is 0 Å². The number of hydrazine groups is 1. The Morgan fingerprint density at radius 3 is 2.53 bits per heavy atom. The summed E-state index contributed by atoms with van der Waals surface area (Å²) < 4.78 is 31.7. The number of nitrogens with zero attached hydrogens (tertiary/aromatic N) is 1. The van der Waals surface area contributed by atoms with Crippen LogP contribution in [0.3, 0.4) is 0 Å². The number of hydrogen-bond acceptors (Lipinski definition) is 5. The summed E-state index contributed by atoms with van der Waals surface area (Å²) in [5, 5.41) is 2.86. The normalized spacial score (nSPS) is 11.5. The Balaban J connectivity index is 2.72. The van der Waals surface area contributed by atoms with E-state index in [-0.39, 0.29) is 17.1 Å². The minimum absolute atomic E-state index is 0.0279. The number of nitrogen functional groups attached to an aromatic ring is 1. The third-order valence-corrected chi connectivity index (χ3v) is 2.78. The number of methoxy groups -OCH3 is 1. The first-order valence-corrected chi connectivity index (χ1v) is 5.95. The maximum atomic E-state index is 13.5. The summed E-state index contributed by atoms with van der Waals surface area (Å²) >= 11 is 0. The standard InChI is InChI=1S/C12H20F2N4O/c1-12(2,4-5-19-3)7-16-10-8(13)6-9(14)11(17-10)18-15/h6H,4-5,7,15H2,1-3H3,(H2,16,17,18). The lowest BCUT2D eigenvalue weighted by molar-refractivity contribution is 0.157. The minimum Gasteiger partial charge on any atom is -0.385 e. The van der Waals surface area contributed by atoms with Gasteiger partial charge in [-0.2, -0.15) is 0 Å². The highest BCUT2D eigenvalue weighted by molar-refractivity contribution is 5.46. The van der Waals surface area contributed by atoms with Gasteiger partial charge in [0.1, 0.15) is 0 Å². The molecule has 0 bridgehead atoms. The molecule has 0 aliphatic carbocycles. The predicted molar refractivity (Wildman–Crippen MR) is 70.7 cm³/mol. The van der Waals surface area contributed by atoms with Crippen molar-refractivity contribution in [2.45, 2.75) is 20.3 Å². The first kappa shape index (κ1) is 15.6. The molecule has 108 valence electrons. The van der Waals surface area contributed by atoms with E-state index < -0.39 is 11.6 Å². The molecule has 0 radical (unpaired) electrons. The molecule has 1 aromatic heterocycles. The summed E-state index contributed by atoms with van der Waals surface area (Å²) in [5.41, 5.74) is 1.98. The lowest BCUT2D eigenvalue weighted by Crippen LogP contribution is -2.25. The van der Waals surface area contributed by atoms with Crippen LogP contribution in [0, 0.1) is 17.0 Å². The van der Waals surface area contributed by atoms with Gasteiger partial charge >= 0.3 is 0 Å². The Morgan fingerprint density at radius 2 is 1.95 bits per heavy atom. The van der Waals surface area contributed by atoms with Gasteiger partial charge in [-0.05, 0) is 11.8 Å². The molecule has 0 amide bonds. The van der Waals surface area contributed by atoms with Crippen molar-refractivity contribution in [1.82, 2.24) is 4.98 Å². The fourth-order valence-corrected chi connectivity index (χ4v) is 1.48. The third-order valence-electron chi connectivity index (χ3n) is 2.78. The Hall–Kier alpha value is -1.47. The molecule has 0 saturated heterocycles. The zero-order valence-electron chi connectivity index (χ0n) is 11.4. The van der Waals surface area contributed by atoms with Crippen molar-refractivity contribution in [2.24, 2.45) is 11.3 Å². The van der Waals surface area contributed by atoms with Crippen molar-refractivity contribution in [3.63, 3.8) is 0 Å². The second-order valence-corrected chi connectivity index (χ2v) is 5.05. The van der Waals surface area contributed by atoms with Crippen LogP contribution in [-0.4, -0.2) is 25.2 Å². The van der Waals surface area contributed by atoms with Crippen LogP contribution in [0.15, 0.2) is 6.07 Å². The van der Waals surface area contributed by atoms with Crippen LogP contribution in [0.4, 0.5) is 20.4 Å². The van der Waals surface area contributed by atoms with Gasteiger partial charge in [0.05, 0.1) is 0 Å². The van der Waals surface area contributed by atoms with Gasteiger partial charge in [-0.3, -0.25) is 0 Å². The van der Waals surface area contributed by atoms with Crippen molar-refractivity contribution >= 4 is 11.6 Å². The topological polar surface area (TPSA) is 72.2 Å². The Kier molecular flexibility index (Phi) is 5.44. The first-order valence-electron chi connectivity index (χ1n) is 5.95. The van der Waals surface area contributed by atoms with Crippen LogP contribution in [0.5, 0.6) is 0 Å². The number of pyridine rings is 1. The van der Waals surface area contributed by atoms with Crippen LogP contribution in [0.1, 0.15) is 20.3 Å². The second-order valence-electron chi connectivity index (χ2n) is 5.05. The van der Waals surface area contributed by atoms with E-state index in [1.807, 2.05) is 13.8 Å². The number of nitrogens with two attached hydrogens (primary N) is 1. The zero-order valence-corrected chi connectivity index (χ0v) is 11.4. The summed E-state index contributed by atoms with van der Waals surface area (Å²) in [5.74, 6) is 3.29. The fourth-order valence-electron chi connectivity index (χ4n) is 1.48. The molecule has 0 saturated carbocycles. The van der Waals surface area contributed by atoms with Crippen molar-refractivity contribution in [3.05, 3.63) is 17.7 Å². The molecule has 0 aliphatic heterocycles. The summed E-state index contributed by atoms with van der Waals surface area (Å²) in [6, 6.07) is 0.743. The van der Waals surface area contributed by atoms with E-state index in [1.165, 1.54) is 0 Å². The van der Waals surface area contributed by atoms with Crippen LogP contribution in [0.2, 0.25) is 0 Å². The number of ether oxygens (including phenoxy) is 1. The molecule has 7 heteroatoms. The molecule has 0 atom stereocenters. The fraction of sp³-hybridized carbons (Fsp3) is 0.583. The summed E-state index contributed by atoms with van der Waals surface area (Å²) in [7, 11) is 1.63. The maximum absolute atomic E-state index is 13.5. The quantitative estimate of drug-likeness (QED) is 0.525. The average molecular weight is 274 g/mol. The van der Waals surface area contributed by atoms with E-state index >= 15 is 0 Å². The molecule has 0 aliphatic rings. The molecule has 0 unspecified atom stereocenters. The number of hydrogen-bond donors (Lipinski definition) is 3. The Bertz CT molecular complexity index is 426. The SMILES string of the molecule is COCCC(C)(C)CNc1nc(NN)c(F)cc1F. The molecule has 1 rings (SSSR count). The molecule has 0 fully saturated rings. The smallest absolute Gasteiger partial charge is 0.178 e. The number of nitrogens with one attached hydrogen (secondary N) is 2. The lowest BCUT2D eigenvalue weighted by atomic mass is 9.90. The van der Waals surface area contributed by atoms with E-state index in [4.69, 9.17) is 10.6 Å². The molecule has 0 spiro atoms. The molecular formula is C12H20F2N4O. The summed E-state index contributed by atoms with van der Waals surface area (Å²) in [6.07, 6.45) is 0.807. The molecule has 1 heterocycles. The van der Waals surface area contributed by atoms with Crippen molar-refractivity contribution < 1.29 is 13.5 Å². The third kappa shape index (κ3) is 4.60. The van der Waals surface area contributed by atoms with E-state index in [0.717, 1.165) is 12.5 Å². The van der Waals surface area contributed by atoms with Crippen molar-refractivity contribution in [1.29, 1.82) is 0 Å². The zero-order chi connectivity index (χ0) is 14.5. The molecule has 19 heavy (non-hydrogen) atoms. The summed E-state index contributed by atoms with van der Waals surface area (Å²) in [6.45, 7) is 5.13. The van der Waals surface area contributed by atoms with Crippen molar-refractivity contribution in [3.8, 4) is 0 Å². The van der Waals surface area contributed by atoms with Gasteiger partial charge in [0.15, 0.2) is 23.3 Å². The Morgan fingerprint density at radius 1 is 1.32 bits per heavy atom. The second kappa shape index (κ2) is 6.63. The highest BCUT2D eigenvalue weighted by Crippen LogP contribution is 2.23. The predicted octanol–water partition coefficient (Wildman–Crippen LogP) is 2.12. The number of aromatic nitrogens is 1. The first-order chi connectivity index (χ1) is 8.89. The van der Waals surface area contributed by atoms with Crippen molar-refractivity contribution in [2.75, 3.05) is 31.0 Å².